The van der Waals surface area contributed by atoms with Gasteiger partial charge in [0.25, 0.3) is 0 Å². The Morgan fingerprint density at radius 3 is 2.86 bits per heavy atom. The van der Waals surface area contributed by atoms with Gasteiger partial charge in [-0.15, -0.1) is 11.8 Å². The highest BCUT2D eigenvalue weighted by atomic mass is 32.2. The summed E-state index contributed by atoms with van der Waals surface area (Å²) in [5.74, 6) is 0.307. The molecule has 0 radical (unpaired) electrons. The third kappa shape index (κ3) is 3.69. The molecule has 1 aliphatic carbocycles. The second-order valence-electron chi connectivity index (χ2n) is 5.51. The quantitative estimate of drug-likeness (QED) is 0.757. The van der Waals surface area contributed by atoms with E-state index < -0.39 is 0 Å². The molecule has 22 heavy (non-hydrogen) atoms. The van der Waals surface area contributed by atoms with Crippen LogP contribution >= 0.6 is 11.8 Å². The lowest BCUT2D eigenvalue weighted by molar-refractivity contribution is 0.608. The molecule has 0 fully saturated rings. The number of rotatable bonds is 5. The predicted octanol–water partition coefficient (Wildman–Crippen LogP) is 4.36. The molecule has 0 saturated heterocycles. The van der Waals surface area contributed by atoms with Crippen LogP contribution in [0.1, 0.15) is 24.8 Å². The lowest BCUT2D eigenvalue weighted by atomic mass is 9.95. The van der Waals surface area contributed by atoms with Crippen molar-refractivity contribution in [3.8, 4) is 6.07 Å². The normalized spacial score (nSPS) is 18.0. The molecule has 0 amide bonds. The van der Waals surface area contributed by atoms with Gasteiger partial charge >= 0.3 is 0 Å². The maximum atomic E-state index is 14.0. The van der Waals surface area contributed by atoms with Crippen LogP contribution in [0, 0.1) is 23.1 Å². The number of hydrogen-bond donors (Lipinski definition) is 0. The molecule has 1 unspecified atom stereocenters. The molecule has 1 atom stereocenters. The van der Waals surface area contributed by atoms with Crippen LogP contribution in [-0.2, 0) is 5.75 Å². The summed E-state index contributed by atoms with van der Waals surface area (Å²) in [6.45, 7) is 3.61. The summed E-state index contributed by atoms with van der Waals surface area (Å²) >= 11 is 1.58. The molecule has 1 aliphatic rings. The Kier molecular flexibility index (Phi) is 5.62. The molecule has 0 aliphatic heterocycles. The average Bonchev–Trinajstić information content (AvgIpc) is 2.52. The van der Waals surface area contributed by atoms with Gasteiger partial charge in [-0.3, -0.25) is 4.99 Å². The van der Waals surface area contributed by atoms with Gasteiger partial charge < -0.3 is 4.90 Å². The van der Waals surface area contributed by atoms with E-state index in [9.17, 15) is 9.65 Å². The van der Waals surface area contributed by atoms with E-state index in [1.54, 1.807) is 28.8 Å². The standard InChI is InChI=1S/C17H20FN3S/c1-20-15-6-4-5-13(10-19)17(15)22-11-12-7-8-16(21(2)3)14(18)9-12/h7-9,13H,1,4-6,11H2,2-3H3. The molecule has 0 heterocycles. The highest BCUT2D eigenvalue weighted by Gasteiger charge is 2.23. The van der Waals surface area contributed by atoms with Gasteiger partial charge in [0.05, 0.1) is 23.4 Å². The van der Waals surface area contributed by atoms with Crippen LogP contribution in [0.4, 0.5) is 10.1 Å². The molecule has 5 heteroatoms. The minimum absolute atomic E-state index is 0.106. The fourth-order valence-electron chi connectivity index (χ4n) is 2.56. The predicted molar refractivity (Wildman–Crippen MR) is 91.6 cm³/mol. The fraction of sp³-hybridized carbons (Fsp3) is 0.412. The van der Waals surface area contributed by atoms with Gasteiger partial charge in [0.2, 0.25) is 0 Å². The zero-order valence-electron chi connectivity index (χ0n) is 13.0. The van der Waals surface area contributed by atoms with Crippen molar-refractivity contribution in [3.63, 3.8) is 0 Å². The van der Waals surface area contributed by atoms with Crippen molar-refractivity contribution in [2.24, 2.45) is 10.9 Å². The Morgan fingerprint density at radius 2 is 2.27 bits per heavy atom. The number of halogens is 1. The highest BCUT2D eigenvalue weighted by Crippen LogP contribution is 2.39. The first kappa shape index (κ1) is 16.6. The second kappa shape index (κ2) is 7.46. The van der Waals surface area contributed by atoms with Gasteiger partial charge in [0.15, 0.2) is 0 Å². The summed E-state index contributed by atoms with van der Waals surface area (Å²) < 4.78 is 14.0. The number of thioether (sulfide) groups is 1. The molecule has 3 nitrogen and oxygen atoms in total. The van der Waals surface area contributed by atoms with E-state index in [1.165, 1.54) is 0 Å². The molecule has 0 spiro atoms. The van der Waals surface area contributed by atoms with Crippen LogP contribution in [0.5, 0.6) is 0 Å². The average molecular weight is 317 g/mol. The Hall–Kier alpha value is -1.80. The van der Waals surface area contributed by atoms with Gasteiger partial charge in [-0.05, 0) is 43.7 Å². The van der Waals surface area contributed by atoms with Crippen LogP contribution in [0.15, 0.2) is 33.8 Å². The van der Waals surface area contributed by atoms with Crippen LogP contribution in [-0.4, -0.2) is 20.8 Å². The highest BCUT2D eigenvalue weighted by molar-refractivity contribution is 8.02. The van der Waals surface area contributed by atoms with Crippen LogP contribution in [0.3, 0.4) is 0 Å². The summed E-state index contributed by atoms with van der Waals surface area (Å²) in [7, 11) is 3.64. The summed E-state index contributed by atoms with van der Waals surface area (Å²) in [4.78, 5) is 6.82. The molecule has 0 aromatic heterocycles. The molecule has 2 rings (SSSR count). The molecule has 0 bridgehead atoms. The van der Waals surface area contributed by atoms with Crippen LogP contribution in [0.25, 0.3) is 0 Å². The van der Waals surface area contributed by atoms with Gasteiger partial charge in [0, 0.05) is 24.8 Å². The SMILES string of the molecule is C=NC1=C(SCc2ccc(N(C)C)c(F)c2)C(C#N)CCC1. The minimum atomic E-state index is -0.223. The lowest BCUT2D eigenvalue weighted by Gasteiger charge is -2.21. The van der Waals surface area contributed by atoms with E-state index in [-0.39, 0.29) is 11.7 Å². The molecule has 1 aromatic carbocycles. The largest absolute Gasteiger partial charge is 0.375 e. The number of hydrogen-bond acceptors (Lipinski definition) is 4. The maximum absolute atomic E-state index is 14.0. The van der Waals surface area contributed by atoms with E-state index in [4.69, 9.17) is 0 Å². The van der Waals surface area contributed by atoms with Crippen molar-refractivity contribution in [1.29, 1.82) is 5.26 Å². The van der Waals surface area contributed by atoms with E-state index in [1.807, 2.05) is 20.2 Å². The number of anilines is 1. The smallest absolute Gasteiger partial charge is 0.146 e. The van der Waals surface area contributed by atoms with E-state index in [2.05, 4.69) is 17.8 Å². The van der Waals surface area contributed by atoms with Crippen LogP contribution in [0.2, 0.25) is 0 Å². The third-order valence-electron chi connectivity index (χ3n) is 3.74. The molecule has 0 saturated carbocycles. The minimum Gasteiger partial charge on any atom is -0.375 e. The van der Waals surface area contributed by atoms with Gasteiger partial charge in [-0.25, -0.2) is 4.39 Å². The van der Waals surface area contributed by atoms with Gasteiger partial charge in [0.1, 0.15) is 5.82 Å². The first-order valence-corrected chi connectivity index (χ1v) is 8.23. The van der Waals surface area contributed by atoms with Gasteiger partial charge in [-0.2, -0.15) is 5.26 Å². The number of aliphatic imine (C=N–C) groups is 1. The first-order chi connectivity index (χ1) is 10.6. The Morgan fingerprint density at radius 1 is 1.50 bits per heavy atom. The molecular weight excluding hydrogens is 297 g/mol. The molecule has 0 N–H and O–H groups in total. The van der Waals surface area contributed by atoms with E-state index >= 15 is 0 Å². The fourth-order valence-corrected chi connectivity index (χ4v) is 3.76. The zero-order chi connectivity index (χ0) is 16.1. The van der Waals surface area contributed by atoms with Gasteiger partial charge in [-0.1, -0.05) is 6.07 Å². The number of nitrogens with zero attached hydrogens (tertiary/aromatic N) is 3. The molecule has 1 aromatic rings. The Bertz CT molecular complexity index is 631. The van der Waals surface area contributed by atoms with Crippen LogP contribution < -0.4 is 4.90 Å². The van der Waals surface area contributed by atoms with E-state index in [0.29, 0.717) is 11.4 Å². The third-order valence-corrected chi connectivity index (χ3v) is 5.05. The van der Waals surface area contributed by atoms with Crippen molar-refractivity contribution in [2.75, 3.05) is 19.0 Å². The van der Waals surface area contributed by atoms with Crippen molar-refractivity contribution >= 4 is 24.2 Å². The Labute approximate surface area is 135 Å². The summed E-state index contributed by atoms with van der Waals surface area (Å²) in [6, 6.07) is 7.62. The Balaban J connectivity index is 2.15. The molecule has 116 valence electrons. The summed E-state index contributed by atoms with van der Waals surface area (Å²) in [5.41, 5.74) is 2.41. The number of allylic oxidation sites excluding steroid dienone is 2. The monoisotopic (exact) mass is 317 g/mol. The summed E-state index contributed by atoms with van der Waals surface area (Å²) in [6.07, 6.45) is 2.71. The van der Waals surface area contributed by atoms with E-state index in [0.717, 1.165) is 35.4 Å². The zero-order valence-corrected chi connectivity index (χ0v) is 13.8. The van der Waals surface area contributed by atoms with Crippen molar-refractivity contribution < 1.29 is 4.39 Å². The van der Waals surface area contributed by atoms with Crippen molar-refractivity contribution in [2.45, 2.75) is 25.0 Å². The molecular formula is C17H20FN3S. The number of nitriles is 1. The first-order valence-electron chi connectivity index (χ1n) is 7.24. The lowest BCUT2D eigenvalue weighted by Crippen LogP contribution is -2.11. The topological polar surface area (TPSA) is 39.4 Å². The second-order valence-corrected chi connectivity index (χ2v) is 6.53. The maximum Gasteiger partial charge on any atom is 0.146 e. The number of benzene rings is 1. The van der Waals surface area contributed by atoms with Crippen molar-refractivity contribution in [1.82, 2.24) is 0 Å². The summed E-state index contributed by atoms with van der Waals surface area (Å²) in [5, 5.41) is 9.29. The van der Waals surface area contributed by atoms with Crippen molar-refractivity contribution in [3.05, 3.63) is 40.2 Å².